The van der Waals surface area contributed by atoms with Crippen LogP contribution in [0.5, 0.6) is 0 Å². The van der Waals surface area contributed by atoms with E-state index in [0.717, 1.165) is 20.9 Å². The van der Waals surface area contributed by atoms with E-state index in [2.05, 4.69) is 0 Å². The molecule has 0 spiro atoms. The van der Waals surface area contributed by atoms with Crippen LogP contribution in [0.15, 0.2) is 83.6 Å². The van der Waals surface area contributed by atoms with Crippen LogP contribution in [-0.2, 0) is 19.2 Å². The smallest absolute Gasteiger partial charge is 0.253 e. The molecule has 0 N–H and O–H groups in total. The Morgan fingerprint density at radius 2 is 0.881 bits per heavy atom. The van der Waals surface area contributed by atoms with Gasteiger partial charge in [0, 0.05) is 9.75 Å². The first-order valence-corrected chi connectivity index (χ1v) is 15.6. The zero-order chi connectivity index (χ0) is 28.9. The summed E-state index contributed by atoms with van der Waals surface area (Å²) in [5.74, 6) is -2.66. The maximum absolute atomic E-state index is 14.3. The molecule has 4 aliphatic rings. The van der Waals surface area contributed by atoms with Crippen LogP contribution in [0.1, 0.15) is 33.0 Å². The summed E-state index contributed by atoms with van der Waals surface area (Å²) >= 11 is 2.99. The fourth-order valence-electron chi connectivity index (χ4n) is 7.21. The minimum Gasteiger partial charge on any atom is -0.274 e. The highest BCUT2D eigenvalue weighted by Crippen LogP contribution is 2.60. The zero-order valence-corrected chi connectivity index (χ0v) is 24.4. The third-order valence-corrected chi connectivity index (χ3v) is 10.9. The molecule has 0 saturated carbocycles. The zero-order valence-electron chi connectivity index (χ0n) is 22.8. The Hall–Kier alpha value is -3.96. The van der Waals surface area contributed by atoms with Crippen molar-refractivity contribution in [1.82, 2.24) is 10.0 Å². The molecule has 42 heavy (non-hydrogen) atoms. The number of carbonyl (C=O) groups excluding carboxylic acids is 4. The topological polar surface area (TPSA) is 81.2 Å². The van der Waals surface area contributed by atoms with Gasteiger partial charge in [-0.1, -0.05) is 47.5 Å². The van der Waals surface area contributed by atoms with Gasteiger partial charge in [-0.3, -0.25) is 19.2 Å². The molecule has 2 aromatic carbocycles. The van der Waals surface area contributed by atoms with Gasteiger partial charge in [0.05, 0.1) is 35.3 Å². The molecule has 4 saturated heterocycles. The van der Waals surface area contributed by atoms with Crippen molar-refractivity contribution < 1.29 is 19.2 Å². The molecule has 4 aliphatic heterocycles. The molecule has 6 heterocycles. The number of nitrogens with zero attached hydrogens (tertiary/aromatic N) is 4. The van der Waals surface area contributed by atoms with Gasteiger partial charge in [-0.15, -0.1) is 22.7 Å². The molecule has 210 valence electrons. The summed E-state index contributed by atoms with van der Waals surface area (Å²) in [4.78, 5) is 61.5. The van der Waals surface area contributed by atoms with Crippen molar-refractivity contribution in [3.05, 3.63) is 104 Å². The number of aryl methyl sites for hydroxylation is 2. The Balaban J connectivity index is 1.30. The molecular formula is C32H26N4O4S2. The van der Waals surface area contributed by atoms with Crippen molar-refractivity contribution >= 4 is 57.7 Å². The van der Waals surface area contributed by atoms with Crippen LogP contribution in [-0.4, -0.2) is 45.7 Å². The lowest BCUT2D eigenvalue weighted by Gasteiger charge is -2.35. The molecular weight excluding hydrogens is 569 g/mol. The minimum absolute atomic E-state index is 0.282. The van der Waals surface area contributed by atoms with Crippen LogP contribution in [0.3, 0.4) is 0 Å². The summed E-state index contributed by atoms with van der Waals surface area (Å²) in [5.41, 5.74) is 3.12. The van der Waals surface area contributed by atoms with Crippen LogP contribution >= 0.6 is 22.7 Å². The lowest BCUT2D eigenvalue weighted by atomic mass is 9.88. The first-order chi connectivity index (χ1) is 20.4. The van der Waals surface area contributed by atoms with E-state index in [1.54, 1.807) is 24.3 Å². The van der Waals surface area contributed by atoms with Gasteiger partial charge in [0.25, 0.3) is 11.8 Å². The van der Waals surface area contributed by atoms with Gasteiger partial charge in [-0.2, -0.15) is 0 Å². The van der Waals surface area contributed by atoms with Crippen LogP contribution < -0.4 is 9.80 Å². The second-order valence-corrected chi connectivity index (χ2v) is 13.3. The number of thiophene rings is 2. The quantitative estimate of drug-likeness (QED) is 0.314. The van der Waals surface area contributed by atoms with Crippen molar-refractivity contribution in [3.63, 3.8) is 0 Å². The molecule has 8 rings (SSSR count). The van der Waals surface area contributed by atoms with Crippen molar-refractivity contribution in [2.75, 3.05) is 9.80 Å². The number of hydrazine groups is 1. The van der Waals surface area contributed by atoms with Crippen molar-refractivity contribution in [1.29, 1.82) is 0 Å². The lowest BCUT2D eigenvalue weighted by molar-refractivity contribution is -0.135. The minimum atomic E-state index is -0.836. The standard InChI is InChI=1S/C32H26N4O4S2/c1-17-7-11-19(12-8-17)33-29(37)23-25(21-5-3-15-41-21)36-28-24(26(22-6-4-16-42-22)35(36)27(23)31(33)39)30(38)34(32(28)40)20-13-9-18(2)10-14-20/h3-16,23-28H,1-2H3/t23-,24-,25+,26+,27-,28+/m0/s1. The highest BCUT2D eigenvalue weighted by molar-refractivity contribution is 7.10. The molecule has 4 fully saturated rings. The number of benzene rings is 2. The Bertz CT molecular complexity index is 1610. The number of fused-ring (bicyclic) bond motifs is 5. The third kappa shape index (κ3) is 3.40. The van der Waals surface area contributed by atoms with Crippen LogP contribution in [0, 0.1) is 25.7 Å². The van der Waals surface area contributed by atoms with Crippen LogP contribution in [0.2, 0.25) is 0 Å². The first kappa shape index (κ1) is 25.7. The Morgan fingerprint density at radius 1 is 0.500 bits per heavy atom. The van der Waals surface area contributed by atoms with E-state index in [9.17, 15) is 19.2 Å². The number of amides is 4. The van der Waals surface area contributed by atoms with E-state index in [-0.39, 0.29) is 23.6 Å². The molecule has 0 aliphatic carbocycles. The summed E-state index contributed by atoms with van der Waals surface area (Å²) in [7, 11) is 0. The SMILES string of the molecule is Cc1ccc(N2C(=O)[C@@H]3[C@@H](C2=O)N2[C@H](c4cccs4)[C@@H]4C(=O)N(c5ccc(C)cc5)C(=O)[C@@H]4N2[C@@H]3c2cccs2)cc1. The third-order valence-electron chi connectivity index (χ3n) is 8.98. The van der Waals surface area contributed by atoms with E-state index in [1.165, 1.54) is 32.5 Å². The molecule has 4 aromatic rings. The summed E-state index contributed by atoms with van der Waals surface area (Å²) < 4.78 is 0. The highest BCUT2D eigenvalue weighted by Gasteiger charge is 2.74. The van der Waals surface area contributed by atoms with Crippen molar-refractivity contribution in [2.45, 2.75) is 38.0 Å². The van der Waals surface area contributed by atoms with Crippen molar-refractivity contribution in [2.24, 2.45) is 11.8 Å². The first-order valence-electron chi connectivity index (χ1n) is 13.9. The number of anilines is 2. The normalized spacial score (nSPS) is 29.1. The van der Waals surface area contributed by atoms with Crippen LogP contribution in [0.25, 0.3) is 0 Å². The summed E-state index contributed by atoms with van der Waals surface area (Å²) in [6.45, 7) is 3.92. The molecule has 0 radical (unpaired) electrons. The van der Waals surface area contributed by atoms with Gasteiger partial charge >= 0.3 is 0 Å². The Labute approximate surface area is 250 Å². The number of hydrogen-bond donors (Lipinski definition) is 0. The molecule has 8 nitrogen and oxygen atoms in total. The van der Waals surface area contributed by atoms with E-state index in [4.69, 9.17) is 0 Å². The lowest BCUT2D eigenvalue weighted by Crippen LogP contribution is -2.50. The van der Waals surface area contributed by atoms with E-state index in [1.807, 2.05) is 83.2 Å². The van der Waals surface area contributed by atoms with Gasteiger partial charge < -0.3 is 0 Å². The molecule has 0 bridgehead atoms. The fraction of sp³-hybridized carbons (Fsp3) is 0.250. The van der Waals surface area contributed by atoms with Gasteiger partial charge in [0.15, 0.2) is 0 Å². The monoisotopic (exact) mass is 594 g/mol. The molecule has 0 unspecified atom stereocenters. The number of imide groups is 2. The maximum Gasteiger partial charge on any atom is 0.253 e. The second kappa shape index (κ2) is 9.27. The van der Waals surface area contributed by atoms with Crippen molar-refractivity contribution in [3.8, 4) is 0 Å². The summed E-state index contributed by atoms with van der Waals surface area (Å²) in [6.07, 6.45) is 0. The van der Waals surface area contributed by atoms with Crippen LogP contribution in [0.4, 0.5) is 11.4 Å². The average Bonchev–Trinajstić information content (AvgIpc) is 3.81. The molecule has 10 heteroatoms. The molecule has 2 aromatic heterocycles. The molecule has 6 atom stereocenters. The highest BCUT2D eigenvalue weighted by atomic mass is 32.1. The number of rotatable bonds is 4. The predicted molar refractivity (Wildman–Crippen MR) is 160 cm³/mol. The largest absolute Gasteiger partial charge is 0.274 e. The van der Waals surface area contributed by atoms with E-state index < -0.39 is 36.0 Å². The Kier molecular flexibility index (Phi) is 5.68. The van der Waals surface area contributed by atoms with E-state index in [0.29, 0.717) is 11.4 Å². The maximum atomic E-state index is 14.3. The Morgan fingerprint density at radius 3 is 1.21 bits per heavy atom. The average molecular weight is 595 g/mol. The summed E-state index contributed by atoms with van der Waals surface area (Å²) in [6, 6.07) is 19.7. The molecule has 4 amide bonds. The number of hydrogen-bond acceptors (Lipinski definition) is 8. The summed E-state index contributed by atoms with van der Waals surface area (Å²) in [5, 5.41) is 7.73. The van der Waals surface area contributed by atoms with Gasteiger partial charge in [-0.05, 0) is 61.0 Å². The van der Waals surface area contributed by atoms with Gasteiger partial charge in [0.2, 0.25) is 11.8 Å². The fourth-order valence-corrected chi connectivity index (χ4v) is 8.94. The second-order valence-electron chi connectivity index (χ2n) is 11.3. The predicted octanol–water partition coefficient (Wildman–Crippen LogP) is 4.87. The van der Waals surface area contributed by atoms with Gasteiger partial charge in [0.1, 0.15) is 12.1 Å². The van der Waals surface area contributed by atoms with Gasteiger partial charge in [-0.25, -0.2) is 19.8 Å². The van der Waals surface area contributed by atoms with E-state index >= 15 is 0 Å². The number of carbonyl (C=O) groups is 4.